The van der Waals surface area contributed by atoms with Gasteiger partial charge in [0.1, 0.15) is 0 Å². The number of aromatic nitrogens is 2. The standard InChI is InChI=1S/C15H20ClN5/c1-17-15(19-11-14-7-9-20-21(14)2)18-8-6-12-4-3-5-13(16)10-12/h3-5,7,9-10H,6,8,11H2,1-2H3,(H2,17,18,19). The van der Waals surface area contributed by atoms with E-state index in [0.29, 0.717) is 6.54 Å². The molecule has 2 rings (SSSR count). The summed E-state index contributed by atoms with van der Waals surface area (Å²) in [5, 5.41) is 11.5. The van der Waals surface area contributed by atoms with E-state index in [9.17, 15) is 0 Å². The number of hydrogen-bond acceptors (Lipinski definition) is 2. The summed E-state index contributed by atoms with van der Waals surface area (Å²) in [5.41, 5.74) is 2.31. The highest BCUT2D eigenvalue weighted by atomic mass is 35.5. The van der Waals surface area contributed by atoms with E-state index in [1.165, 1.54) is 5.56 Å². The van der Waals surface area contributed by atoms with E-state index in [4.69, 9.17) is 11.6 Å². The number of hydrogen-bond donors (Lipinski definition) is 2. The van der Waals surface area contributed by atoms with Crippen LogP contribution in [0.15, 0.2) is 41.5 Å². The lowest BCUT2D eigenvalue weighted by molar-refractivity contribution is 0.684. The molecule has 1 aromatic carbocycles. The number of aliphatic imine (C=N–C) groups is 1. The average Bonchev–Trinajstić information content (AvgIpc) is 2.88. The van der Waals surface area contributed by atoms with Crippen LogP contribution < -0.4 is 10.6 Å². The Morgan fingerprint density at radius 2 is 2.19 bits per heavy atom. The molecule has 0 saturated heterocycles. The highest BCUT2D eigenvalue weighted by Crippen LogP contribution is 2.10. The molecule has 21 heavy (non-hydrogen) atoms. The van der Waals surface area contributed by atoms with Gasteiger partial charge < -0.3 is 10.6 Å². The maximum absolute atomic E-state index is 5.97. The molecule has 0 aliphatic heterocycles. The Morgan fingerprint density at radius 3 is 2.86 bits per heavy atom. The summed E-state index contributed by atoms with van der Waals surface area (Å²) in [7, 11) is 3.68. The van der Waals surface area contributed by atoms with Crippen LogP contribution in [0.4, 0.5) is 0 Å². The smallest absolute Gasteiger partial charge is 0.191 e. The molecule has 1 aromatic heterocycles. The lowest BCUT2D eigenvalue weighted by Crippen LogP contribution is -2.38. The number of benzene rings is 1. The SMILES string of the molecule is CN=C(NCCc1cccc(Cl)c1)NCc1ccnn1C. The van der Waals surface area contributed by atoms with Crippen LogP contribution in [0, 0.1) is 0 Å². The molecule has 0 spiro atoms. The van der Waals surface area contributed by atoms with Crippen LogP contribution in [0.3, 0.4) is 0 Å². The lowest BCUT2D eigenvalue weighted by Gasteiger charge is -2.12. The third-order valence-corrected chi connectivity index (χ3v) is 3.41. The van der Waals surface area contributed by atoms with Gasteiger partial charge in [-0.15, -0.1) is 0 Å². The van der Waals surface area contributed by atoms with Crippen molar-refractivity contribution in [3.63, 3.8) is 0 Å². The Hall–Kier alpha value is -2.01. The van der Waals surface area contributed by atoms with Gasteiger partial charge in [-0.1, -0.05) is 23.7 Å². The van der Waals surface area contributed by atoms with Crippen molar-refractivity contribution < 1.29 is 0 Å². The van der Waals surface area contributed by atoms with Crippen LogP contribution in [0.2, 0.25) is 5.02 Å². The summed E-state index contributed by atoms with van der Waals surface area (Å²) in [4.78, 5) is 4.20. The van der Waals surface area contributed by atoms with Gasteiger partial charge in [0, 0.05) is 31.9 Å². The van der Waals surface area contributed by atoms with Gasteiger partial charge in [-0.2, -0.15) is 5.10 Å². The molecule has 0 aliphatic carbocycles. The van der Waals surface area contributed by atoms with Crippen molar-refractivity contribution in [2.24, 2.45) is 12.0 Å². The fourth-order valence-electron chi connectivity index (χ4n) is 1.99. The molecule has 1 heterocycles. The van der Waals surface area contributed by atoms with E-state index in [0.717, 1.165) is 29.6 Å². The third kappa shape index (κ3) is 4.79. The lowest BCUT2D eigenvalue weighted by atomic mass is 10.1. The second-order valence-corrected chi connectivity index (χ2v) is 5.12. The topological polar surface area (TPSA) is 54.2 Å². The first kappa shape index (κ1) is 15.4. The number of nitrogens with zero attached hydrogens (tertiary/aromatic N) is 3. The average molecular weight is 306 g/mol. The molecule has 0 saturated carbocycles. The van der Waals surface area contributed by atoms with Crippen molar-refractivity contribution in [1.29, 1.82) is 0 Å². The second kappa shape index (κ2) is 7.69. The predicted molar refractivity (Wildman–Crippen MR) is 86.6 cm³/mol. The van der Waals surface area contributed by atoms with Crippen molar-refractivity contribution in [1.82, 2.24) is 20.4 Å². The molecular formula is C15H20ClN5. The van der Waals surface area contributed by atoms with Gasteiger partial charge in [0.2, 0.25) is 0 Å². The summed E-state index contributed by atoms with van der Waals surface area (Å²) < 4.78 is 1.84. The summed E-state index contributed by atoms with van der Waals surface area (Å²) in [6.07, 6.45) is 2.68. The maximum atomic E-state index is 5.97. The van der Waals surface area contributed by atoms with Crippen LogP contribution in [0.5, 0.6) is 0 Å². The van der Waals surface area contributed by atoms with Crippen LogP contribution in [-0.2, 0) is 20.0 Å². The molecule has 2 N–H and O–H groups in total. The molecule has 0 radical (unpaired) electrons. The molecule has 0 amide bonds. The Morgan fingerprint density at radius 1 is 1.33 bits per heavy atom. The van der Waals surface area contributed by atoms with Crippen molar-refractivity contribution in [2.75, 3.05) is 13.6 Å². The Bertz CT molecular complexity index is 606. The van der Waals surface area contributed by atoms with Crippen LogP contribution >= 0.6 is 11.6 Å². The molecule has 112 valence electrons. The molecule has 0 bridgehead atoms. The number of halogens is 1. The minimum Gasteiger partial charge on any atom is -0.356 e. The van der Waals surface area contributed by atoms with Gasteiger partial charge >= 0.3 is 0 Å². The number of nitrogens with one attached hydrogen (secondary N) is 2. The number of guanidine groups is 1. The minimum absolute atomic E-state index is 0.688. The predicted octanol–water partition coefficient (Wildman–Crippen LogP) is 1.98. The van der Waals surface area contributed by atoms with Gasteiger partial charge in [0.15, 0.2) is 5.96 Å². The second-order valence-electron chi connectivity index (χ2n) is 4.68. The first-order valence-corrected chi connectivity index (χ1v) is 7.22. The van der Waals surface area contributed by atoms with E-state index in [1.807, 2.05) is 36.0 Å². The third-order valence-electron chi connectivity index (χ3n) is 3.18. The number of rotatable bonds is 5. The van der Waals surface area contributed by atoms with Crippen LogP contribution in [-0.4, -0.2) is 29.3 Å². The fraction of sp³-hybridized carbons (Fsp3) is 0.333. The Labute approximate surface area is 130 Å². The van der Waals surface area contributed by atoms with Crippen LogP contribution in [0.25, 0.3) is 0 Å². The highest BCUT2D eigenvalue weighted by Gasteiger charge is 2.01. The van der Waals surface area contributed by atoms with Gasteiger partial charge in [-0.3, -0.25) is 9.67 Å². The Kier molecular flexibility index (Phi) is 5.63. The zero-order valence-electron chi connectivity index (χ0n) is 12.3. The van der Waals surface area contributed by atoms with Crippen molar-refractivity contribution in [3.8, 4) is 0 Å². The van der Waals surface area contributed by atoms with Crippen molar-refractivity contribution in [3.05, 3.63) is 52.8 Å². The van der Waals surface area contributed by atoms with Crippen molar-refractivity contribution in [2.45, 2.75) is 13.0 Å². The molecule has 0 atom stereocenters. The molecule has 0 fully saturated rings. The Balaban J connectivity index is 1.77. The number of aryl methyl sites for hydroxylation is 1. The minimum atomic E-state index is 0.688. The van der Waals surface area contributed by atoms with Crippen LogP contribution in [0.1, 0.15) is 11.3 Å². The van der Waals surface area contributed by atoms with E-state index >= 15 is 0 Å². The molecule has 0 aliphatic rings. The molecule has 6 heteroatoms. The van der Waals surface area contributed by atoms with Crippen molar-refractivity contribution >= 4 is 17.6 Å². The van der Waals surface area contributed by atoms with Gasteiger partial charge in [-0.25, -0.2) is 0 Å². The van der Waals surface area contributed by atoms with E-state index in [-0.39, 0.29) is 0 Å². The van der Waals surface area contributed by atoms with E-state index in [1.54, 1.807) is 13.2 Å². The van der Waals surface area contributed by atoms with Gasteiger partial charge in [0.25, 0.3) is 0 Å². The summed E-state index contributed by atoms with van der Waals surface area (Å²) in [5.74, 6) is 0.776. The molecule has 2 aromatic rings. The largest absolute Gasteiger partial charge is 0.356 e. The van der Waals surface area contributed by atoms with Gasteiger partial charge in [0.05, 0.1) is 12.2 Å². The maximum Gasteiger partial charge on any atom is 0.191 e. The van der Waals surface area contributed by atoms with E-state index in [2.05, 4.69) is 26.8 Å². The fourth-order valence-corrected chi connectivity index (χ4v) is 2.20. The molecule has 5 nitrogen and oxygen atoms in total. The van der Waals surface area contributed by atoms with E-state index < -0.39 is 0 Å². The zero-order chi connectivity index (χ0) is 15.1. The normalized spacial score (nSPS) is 11.5. The molecule has 0 unspecified atom stereocenters. The van der Waals surface area contributed by atoms with Gasteiger partial charge in [-0.05, 0) is 30.2 Å². The molecular weight excluding hydrogens is 286 g/mol. The highest BCUT2D eigenvalue weighted by molar-refractivity contribution is 6.30. The summed E-state index contributed by atoms with van der Waals surface area (Å²) >= 11 is 5.97. The quantitative estimate of drug-likeness (QED) is 0.656. The summed E-state index contributed by atoms with van der Waals surface area (Å²) in [6.45, 7) is 1.48. The zero-order valence-corrected chi connectivity index (χ0v) is 13.1. The summed E-state index contributed by atoms with van der Waals surface area (Å²) in [6, 6.07) is 9.88. The first-order valence-electron chi connectivity index (χ1n) is 6.85. The monoisotopic (exact) mass is 305 g/mol. The first-order chi connectivity index (χ1) is 10.2.